The molecule has 2 aliphatic rings. The van der Waals surface area contributed by atoms with E-state index in [9.17, 15) is 28.8 Å². The first-order chi connectivity index (χ1) is 15.8. The van der Waals surface area contributed by atoms with Crippen molar-refractivity contribution in [2.75, 3.05) is 4.90 Å². The molecule has 174 valence electrons. The van der Waals surface area contributed by atoms with Gasteiger partial charge >= 0.3 is 12.1 Å². The first-order valence-corrected chi connectivity index (χ1v) is 10.4. The lowest BCUT2D eigenvalue weighted by atomic mass is 10.1. The van der Waals surface area contributed by atoms with Crippen LogP contribution < -0.4 is 4.90 Å². The van der Waals surface area contributed by atoms with Gasteiger partial charge in [0.1, 0.15) is 0 Å². The summed E-state index contributed by atoms with van der Waals surface area (Å²) in [5.41, 5.74) is 1.36. The van der Waals surface area contributed by atoms with Crippen molar-refractivity contribution < 1.29 is 43.1 Å². The fraction of sp³-hybridized carbons (Fsp3) is 0.364. The lowest BCUT2D eigenvalue weighted by Crippen LogP contribution is -2.34. The molecule has 11 nitrogen and oxygen atoms in total. The molecule has 0 aliphatic carbocycles. The van der Waals surface area contributed by atoms with Crippen molar-refractivity contribution in [3.05, 3.63) is 42.0 Å². The van der Waals surface area contributed by atoms with Crippen molar-refractivity contribution in [1.82, 2.24) is 5.06 Å². The Kier molecular flexibility index (Phi) is 7.54. The molecular formula is C22H22N2O9. The van der Waals surface area contributed by atoms with Crippen molar-refractivity contribution >= 4 is 41.4 Å². The Balaban J connectivity index is 1.40. The number of hydroxylamine groups is 2. The number of imide groups is 2. The minimum absolute atomic E-state index is 0.0484. The standard InChI is InChI=1S/C22H22N2O9/c1-2-21(32-22(30)33-24-18(27)12-13-19(24)28)31-20(29)5-3-4-14-6-8-15(9-7-14)23-16(25)10-11-17(23)26/h6-11,21H,2-5,12-13H2,1H3. The normalized spacial score (nSPS) is 16.4. The van der Waals surface area contributed by atoms with Gasteiger partial charge in [-0.1, -0.05) is 24.1 Å². The molecule has 0 radical (unpaired) electrons. The summed E-state index contributed by atoms with van der Waals surface area (Å²) in [5.74, 6) is -2.69. The van der Waals surface area contributed by atoms with Crippen LogP contribution in [0.3, 0.4) is 0 Å². The van der Waals surface area contributed by atoms with Crippen molar-refractivity contribution in [1.29, 1.82) is 0 Å². The predicted octanol–water partition coefficient (Wildman–Crippen LogP) is 1.94. The Morgan fingerprint density at radius 3 is 2.12 bits per heavy atom. The Morgan fingerprint density at radius 2 is 1.55 bits per heavy atom. The third-order valence-electron chi connectivity index (χ3n) is 4.85. The third-order valence-corrected chi connectivity index (χ3v) is 4.85. The molecule has 1 unspecified atom stereocenters. The summed E-state index contributed by atoms with van der Waals surface area (Å²) in [7, 11) is 0. The molecule has 0 bridgehead atoms. The molecule has 0 N–H and O–H groups in total. The quantitative estimate of drug-likeness (QED) is 0.309. The maximum Gasteiger partial charge on any atom is 0.537 e. The Morgan fingerprint density at radius 1 is 0.939 bits per heavy atom. The Hall–Kier alpha value is -4.02. The highest BCUT2D eigenvalue weighted by Gasteiger charge is 2.34. The average molecular weight is 458 g/mol. The van der Waals surface area contributed by atoms with Crippen LogP contribution in [0.15, 0.2) is 36.4 Å². The van der Waals surface area contributed by atoms with Gasteiger partial charge in [-0.2, -0.15) is 0 Å². The van der Waals surface area contributed by atoms with E-state index >= 15 is 0 Å². The number of aryl methyl sites for hydroxylation is 1. The van der Waals surface area contributed by atoms with Crippen LogP contribution in [0.2, 0.25) is 0 Å². The van der Waals surface area contributed by atoms with Gasteiger partial charge in [0.15, 0.2) is 0 Å². The van der Waals surface area contributed by atoms with Crippen LogP contribution in [0.25, 0.3) is 0 Å². The minimum Gasteiger partial charge on any atom is -0.425 e. The molecule has 3 rings (SSSR count). The monoisotopic (exact) mass is 458 g/mol. The fourth-order valence-electron chi connectivity index (χ4n) is 3.16. The summed E-state index contributed by atoms with van der Waals surface area (Å²) >= 11 is 0. The number of carbonyl (C=O) groups is 6. The van der Waals surface area contributed by atoms with Gasteiger partial charge in [0, 0.05) is 37.8 Å². The van der Waals surface area contributed by atoms with Gasteiger partial charge in [0.25, 0.3) is 29.9 Å². The lowest BCUT2D eigenvalue weighted by molar-refractivity contribution is -0.193. The number of ether oxygens (including phenoxy) is 2. The van der Waals surface area contributed by atoms with Gasteiger partial charge in [0.2, 0.25) is 0 Å². The average Bonchev–Trinajstić information content (AvgIpc) is 3.29. The summed E-state index contributed by atoms with van der Waals surface area (Å²) in [4.78, 5) is 75.8. The van der Waals surface area contributed by atoms with Crippen molar-refractivity contribution in [2.24, 2.45) is 0 Å². The molecule has 1 aromatic carbocycles. The van der Waals surface area contributed by atoms with Gasteiger partial charge in [-0.3, -0.25) is 28.8 Å². The van der Waals surface area contributed by atoms with E-state index in [0.29, 0.717) is 23.6 Å². The molecule has 2 heterocycles. The smallest absolute Gasteiger partial charge is 0.425 e. The molecule has 33 heavy (non-hydrogen) atoms. The van der Waals surface area contributed by atoms with Crippen LogP contribution in [-0.4, -0.2) is 47.1 Å². The zero-order chi connectivity index (χ0) is 24.0. The van der Waals surface area contributed by atoms with Crippen LogP contribution in [0.5, 0.6) is 0 Å². The van der Waals surface area contributed by atoms with Gasteiger partial charge in [-0.15, -0.1) is 0 Å². The molecule has 1 aromatic rings. The number of nitrogens with zero attached hydrogens (tertiary/aromatic N) is 2. The Bertz CT molecular complexity index is 966. The van der Waals surface area contributed by atoms with Crippen LogP contribution in [0.1, 0.15) is 44.6 Å². The molecule has 0 aromatic heterocycles. The number of hydrogen-bond donors (Lipinski definition) is 0. The van der Waals surface area contributed by atoms with Crippen LogP contribution in [0.4, 0.5) is 10.5 Å². The largest absolute Gasteiger partial charge is 0.537 e. The second-order valence-corrected chi connectivity index (χ2v) is 7.23. The van der Waals surface area contributed by atoms with Crippen LogP contribution in [0, 0.1) is 0 Å². The van der Waals surface area contributed by atoms with E-state index in [1.165, 1.54) is 12.2 Å². The van der Waals surface area contributed by atoms with E-state index in [-0.39, 0.29) is 25.7 Å². The molecule has 1 atom stereocenters. The van der Waals surface area contributed by atoms with E-state index in [2.05, 4.69) is 4.84 Å². The highest BCUT2D eigenvalue weighted by Crippen LogP contribution is 2.20. The van der Waals surface area contributed by atoms with Gasteiger partial charge in [-0.25, -0.2) is 9.69 Å². The summed E-state index contributed by atoms with van der Waals surface area (Å²) in [5, 5.41) is 0.341. The Labute approximate surface area is 188 Å². The highest BCUT2D eigenvalue weighted by molar-refractivity contribution is 6.28. The summed E-state index contributed by atoms with van der Waals surface area (Å²) in [6.45, 7) is 1.62. The van der Waals surface area contributed by atoms with E-state index in [4.69, 9.17) is 9.47 Å². The van der Waals surface area contributed by atoms with Gasteiger partial charge in [0.05, 0.1) is 5.69 Å². The summed E-state index contributed by atoms with van der Waals surface area (Å²) in [6, 6.07) is 6.82. The maximum atomic E-state index is 12.1. The van der Waals surface area contributed by atoms with E-state index in [1.54, 1.807) is 31.2 Å². The minimum atomic E-state index is -1.32. The number of anilines is 1. The summed E-state index contributed by atoms with van der Waals surface area (Å²) in [6.07, 6.45) is 0.956. The number of benzene rings is 1. The van der Waals surface area contributed by atoms with Crippen molar-refractivity contribution in [3.8, 4) is 0 Å². The van der Waals surface area contributed by atoms with Gasteiger partial charge in [-0.05, 0) is 30.5 Å². The van der Waals surface area contributed by atoms with Crippen LogP contribution >= 0.6 is 0 Å². The molecule has 1 fully saturated rings. The molecule has 0 saturated carbocycles. The number of rotatable bonds is 9. The van der Waals surface area contributed by atoms with Gasteiger partial charge < -0.3 is 9.47 Å². The van der Waals surface area contributed by atoms with E-state index in [0.717, 1.165) is 10.5 Å². The third kappa shape index (κ3) is 6.03. The van der Waals surface area contributed by atoms with Crippen molar-refractivity contribution in [3.63, 3.8) is 0 Å². The highest BCUT2D eigenvalue weighted by atomic mass is 16.9. The SMILES string of the molecule is CCC(OC(=O)CCCc1ccc(N2C(=O)C=CC2=O)cc1)OC(=O)ON1C(=O)CCC1=O. The first-order valence-electron chi connectivity index (χ1n) is 10.4. The maximum absolute atomic E-state index is 12.1. The number of esters is 1. The van der Waals surface area contributed by atoms with E-state index < -0.39 is 42.0 Å². The zero-order valence-corrected chi connectivity index (χ0v) is 17.9. The molecule has 0 spiro atoms. The van der Waals surface area contributed by atoms with E-state index in [1.807, 2.05) is 0 Å². The summed E-state index contributed by atoms with van der Waals surface area (Å²) < 4.78 is 9.96. The topological polar surface area (TPSA) is 137 Å². The fourth-order valence-corrected chi connectivity index (χ4v) is 3.16. The molecule has 11 heteroatoms. The number of amides is 4. The molecule has 2 aliphatic heterocycles. The molecule has 4 amide bonds. The van der Waals surface area contributed by atoms with Crippen LogP contribution in [-0.2, 0) is 44.7 Å². The predicted molar refractivity (Wildman–Crippen MR) is 110 cm³/mol. The second-order valence-electron chi connectivity index (χ2n) is 7.23. The molecule has 1 saturated heterocycles. The lowest BCUT2D eigenvalue weighted by Gasteiger charge is -2.18. The zero-order valence-electron chi connectivity index (χ0n) is 17.9. The molecular weight excluding hydrogens is 436 g/mol. The number of hydrogen-bond acceptors (Lipinski definition) is 9. The van der Waals surface area contributed by atoms with Crippen molar-refractivity contribution in [2.45, 2.75) is 51.7 Å². The number of carbonyl (C=O) groups excluding carboxylic acids is 6. The second kappa shape index (κ2) is 10.5. The first kappa shape index (κ1) is 23.6.